The number of carbonyl (C=O) groups is 1. The van der Waals surface area contributed by atoms with E-state index >= 15 is 4.39 Å². The van der Waals surface area contributed by atoms with E-state index in [1.54, 1.807) is 25.1 Å². The second-order valence-corrected chi connectivity index (χ2v) is 13.0. The molecule has 0 saturated heterocycles. The normalized spacial score (nSPS) is 11.8. The van der Waals surface area contributed by atoms with Crippen LogP contribution in [0.25, 0.3) is 16.6 Å². The molecule has 0 unspecified atom stereocenters. The highest BCUT2D eigenvalue weighted by atomic mass is 35.5. The smallest absolute Gasteiger partial charge is 0.266 e. The van der Waals surface area contributed by atoms with Crippen LogP contribution in [0.2, 0.25) is 4.34 Å². The molecule has 4 rings (SSSR count). The lowest BCUT2D eigenvalue weighted by molar-refractivity contribution is -0.116. The number of hydrogen-bond acceptors (Lipinski definition) is 8. The van der Waals surface area contributed by atoms with Crippen molar-refractivity contribution in [1.82, 2.24) is 14.5 Å². The minimum atomic E-state index is -3.83. The van der Waals surface area contributed by atoms with Gasteiger partial charge in [-0.3, -0.25) is 14.2 Å². The van der Waals surface area contributed by atoms with Gasteiger partial charge in [-0.25, -0.2) is 17.8 Å². The molecule has 0 atom stereocenters. The van der Waals surface area contributed by atoms with E-state index in [0.29, 0.717) is 26.6 Å². The average molecular weight is 577 g/mol. The molecule has 2 heterocycles. The van der Waals surface area contributed by atoms with Gasteiger partial charge >= 0.3 is 0 Å². The largest absolute Gasteiger partial charge is 0.384 e. The summed E-state index contributed by atoms with van der Waals surface area (Å²) in [5.41, 5.74) is 1.19. The van der Waals surface area contributed by atoms with E-state index in [4.69, 9.17) is 11.6 Å². The molecule has 38 heavy (non-hydrogen) atoms. The summed E-state index contributed by atoms with van der Waals surface area (Å²) in [6.45, 7) is 3.18. The lowest BCUT2D eigenvalue weighted by Crippen LogP contribution is -2.24. The second kappa shape index (κ2) is 11.3. The predicted molar refractivity (Wildman–Crippen MR) is 149 cm³/mol. The van der Waals surface area contributed by atoms with Crippen LogP contribution >= 0.6 is 22.9 Å². The lowest BCUT2D eigenvalue weighted by Gasteiger charge is -2.14. The van der Waals surface area contributed by atoms with Gasteiger partial charge in [-0.2, -0.15) is 0 Å². The first-order valence-corrected chi connectivity index (χ1v) is 14.5. The summed E-state index contributed by atoms with van der Waals surface area (Å²) in [5, 5.41) is 3.63. The van der Waals surface area contributed by atoms with Crippen LogP contribution < -0.4 is 10.9 Å². The van der Waals surface area contributed by atoms with Crippen LogP contribution in [0.15, 0.2) is 57.5 Å². The number of benzene rings is 2. The summed E-state index contributed by atoms with van der Waals surface area (Å²) in [4.78, 5) is 32.3. The number of thiophene rings is 1. The second-order valence-electron chi connectivity index (χ2n) is 9.08. The third-order valence-corrected chi connectivity index (χ3v) is 9.27. The Hall–Kier alpha value is -3.12. The molecule has 8 nitrogen and oxygen atoms in total. The van der Waals surface area contributed by atoms with Gasteiger partial charge in [0, 0.05) is 25.2 Å². The van der Waals surface area contributed by atoms with Crippen molar-refractivity contribution in [3.05, 3.63) is 80.4 Å². The number of carbonyl (C=O) groups excluding carboxylic acids is 1. The monoisotopic (exact) mass is 576 g/mol. The zero-order valence-electron chi connectivity index (χ0n) is 21.0. The van der Waals surface area contributed by atoms with Crippen LogP contribution in [-0.2, 0) is 21.1 Å². The van der Waals surface area contributed by atoms with E-state index in [0.717, 1.165) is 36.2 Å². The van der Waals surface area contributed by atoms with Gasteiger partial charge in [-0.05, 0) is 69.0 Å². The first-order valence-electron chi connectivity index (χ1n) is 11.7. The zero-order chi connectivity index (χ0) is 27.6. The minimum Gasteiger partial charge on any atom is -0.384 e. The molecule has 0 amide bonds. The molecule has 1 N–H and O–H groups in total. The number of halogens is 2. The van der Waals surface area contributed by atoms with Crippen molar-refractivity contribution >= 4 is 55.1 Å². The van der Waals surface area contributed by atoms with E-state index < -0.39 is 32.7 Å². The maximum absolute atomic E-state index is 15.2. The van der Waals surface area contributed by atoms with Gasteiger partial charge < -0.3 is 10.2 Å². The van der Waals surface area contributed by atoms with Gasteiger partial charge in [0.25, 0.3) is 5.56 Å². The van der Waals surface area contributed by atoms with Crippen molar-refractivity contribution in [2.45, 2.75) is 17.6 Å². The van der Waals surface area contributed by atoms with E-state index in [2.05, 4.69) is 10.3 Å². The Balaban J connectivity index is 1.55. The SMILES string of the molecule is Cc1nc2cc(NCCN(C)C)ccc2c(=O)n1-c1ccc(CC(=O)CS(=O)(=O)c2ccc(Cl)s2)cc1F. The number of nitrogens with one attached hydrogen (secondary N) is 1. The Labute approximate surface area is 228 Å². The lowest BCUT2D eigenvalue weighted by atomic mass is 10.1. The molecule has 0 bridgehead atoms. The fourth-order valence-electron chi connectivity index (χ4n) is 3.98. The first-order chi connectivity index (χ1) is 17.9. The number of ketones is 1. The van der Waals surface area contributed by atoms with Gasteiger partial charge in [0.05, 0.1) is 20.9 Å². The fourth-order valence-corrected chi connectivity index (χ4v) is 6.79. The number of Topliss-reactive ketones (excluding diaryl/α,β-unsaturated/α-hetero) is 1. The summed E-state index contributed by atoms with van der Waals surface area (Å²) in [6.07, 6.45) is -0.275. The number of fused-ring (bicyclic) bond motifs is 1. The average Bonchev–Trinajstić information content (AvgIpc) is 3.27. The number of nitrogens with zero attached hydrogens (tertiary/aromatic N) is 3. The number of aromatic nitrogens is 2. The zero-order valence-corrected chi connectivity index (χ0v) is 23.4. The van der Waals surface area contributed by atoms with Gasteiger partial charge in [-0.15, -0.1) is 11.3 Å². The molecule has 0 aliphatic rings. The van der Waals surface area contributed by atoms with Crippen LogP contribution in [0.4, 0.5) is 10.1 Å². The van der Waals surface area contributed by atoms with Crippen molar-refractivity contribution in [2.75, 3.05) is 38.3 Å². The maximum atomic E-state index is 15.2. The highest BCUT2D eigenvalue weighted by Gasteiger charge is 2.22. The predicted octanol–water partition coefficient (Wildman–Crippen LogP) is 4.11. The molecule has 4 aromatic rings. The Bertz CT molecular complexity index is 1680. The van der Waals surface area contributed by atoms with Crippen LogP contribution in [0.3, 0.4) is 0 Å². The number of likely N-dealkylation sites (N-methyl/N-ethyl adjacent to an activating group) is 1. The Morgan fingerprint density at radius 1 is 1.16 bits per heavy atom. The number of rotatable bonds is 10. The standard InChI is InChI=1S/C26H26ClFN4O4S2/c1-16-30-22-14-18(29-10-11-31(2)3)5-6-20(22)26(34)32(16)23-7-4-17(13-21(23)28)12-19(33)15-38(35,36)25-9-8-24(27)37-25/h4-9,13-14,29H,10-12,15H2,1-3H3. The molecular weight excluding hydrogens is 551 g/mol. The number of hydrogen-bond donors (Lipinski definition) is 1. The number of aryl methyl sites for hydroxylation is 1. The van der Waals surface area contributed by atoms with Gasteiger partial charge in [0.15, 0.2) is 15.6 Å². The highest BCUT2D eigenvalue weighted by molar-refractivity contribution is 7.94. The van der Waals surface area contributed by atoms with Crippen molar-refractivity contribution in [2.24, 2.45) is 0 Å². The van der Waals surface area contributed by atoms with Gasteiger partial charge in [-0.1, -0.05) is 17.7 Å². The molecular formula is C26H26ClFN4O4S2. The molecule has 0 aliphatic carbocycles. The van der Waals surface area contributed by atoms with E-state index in [-0.39, 0.29) is 16.3 Å². The minimum absolute atomic E-state index is 0.00694. The fraction of sp³-hybridized carbons (Fsp3) is 0.269. The maximum Gasteiger partial charge on any atom is 0.266 e. The van der Waals surface area contributed by atoms with E-state index in [9.17, 15) is 18.0 Å². The highest BCUT2D eigenvalue weighted by Crippen LogP contribution is 2.27. The molecule has 0 saturated carbocycles. The van der Waals surface area contributed by atoms with Crippen molar-refractivity contribution < 1.29 is 17.6 Å². The molecule has 12 heteroatoms. The van der Waals surface area contributed by atoms with Crippen molar-refractivity contribution in [3.63, 3.8) is 0 Å². The van der Waals surface area contributed by atoms with Crippen molar-refractivity contribution in [1.29, 1.82) is 0 Å². The van der Waals surface area contributed by atoms with Crippen LogP contribution in [0.1, 0.15) is 11.4 Å². The summed E-state index contributed by atoms with van der Waals surface area (Å²) in [7, 11) is 0.123. The molecule has 2 aromatic heterocycles. The van der Waals surface area contributed by atoms with E-state index in [1.165, 1.54) is 28.8 Å². The topological polar surface area (TPSA) is 101 Å². The Kier molecular flexibility index (Phi) is 8.31. The molecule has 0 aliphatic heterocycles. The number of sulfone groups is 1. The molecule has 0 radical (unpaired) electrons. The number of anilines is 1. The summed E-state index contributed by atoms with van der Waals surface area (Å²) in [5.74, 6) is -1.72. The summed E-state index contributed by atoms with van der Waals surface area (Å²) < 4.78 is 41.6. The summed E-state index contributed by atoms with van der Waals surface area (Å²) in [6, 6.07) is 12.1. The van der Waals surface area contributed by atoms with Gasteiger partial charge in [0.2, 0.25) is 0 Å². The third-order valence-electron chi connectivity index (χ3n) is 5.79. The molecule has 200 valence electrons. The van der Waals surface area contributed by atoms with Crippen LogP contribution in [0, 0.1) is 12.7 Å². The summed E-state index contributed by atoms with van der Waals surface area (Å²) >= 11 is 6.67. The van der Waals surface area contributed by atoms with Crippen LogP contribution in [-0.4, -0.2) is 61.6 Å². The Morgan fingerprint density at radius 3 is 2.58 bits per heavy atom. The molecule has 0 fully saturated rings. The molecule has 0 spiro atoms. The Morgan fingerprint density at radius 2 is 1.92 bits per heavy atom. The third kappa shape index (κ3) is 6.29. The molecule has 2 aromatic carbocycles. The van der Waals surface area contributed by atoms with Crippen molar-refractivity contribution in [3.8, 4) is 5.69 Å². The van der Waals surface area contributed by atoms with Crippen LogP contribution in [0.5, 0.6) is 0 Å². The van der Waals surface area contributed by atoms with E-state index in [1.807, 2.05) is 19.0 Å². The quantitative estimate of drug-likeness (QED) is 0.303. The van der Waals surface area contributed by atoms with Gasteiger partial charge in [0.1, 0.15) is 21.6 Å². The first kappa shape index (κ1) is 27.9.